The molecule has 0 radical (unpaired) electrons. The molecule has 0 saturated carbocycles. The van der Waals surface area contributed by atoms with Gasteiger partial charge in [0, 0.05) is 26.2 Å². The van der Waals surface area contributed by atoms with E-state index < -0.39 is 10.0 Å². The highest BCUT2D eigenvalue weighted by Crippen LogP contribution is 2.24. The van der Waals surface area contributed by atoms with Crippen LogP contribution in [-0.4, -0.2) is 42.1 Å². The third-order valence-corrected chi connectivity index (χ3v) is 5.33. The Labute approximate surface area is 101 Å². The van der Waals surface area contributed by atoms with Gasteiger partial charge in [0.1, 0.15) is 4.90 Å². The molecule has 17 heavy (non-hydrogen) atoms. The standard InChI is InChI=1S/C10H16N4O2S/c15-17(16,13-4-1-2-5-13)10-8-12-14-6-3-11-7-9(10)14/h8,11H,1-7H2. The molecule has 2 aliphatic rings. The van der Waals surface area contributed by atoms with Crippen molar-refractivity contribution in [3.63, 3.8) is 0 Å². The molecular formula is C10H16N4O2S. The third kappa shape index (κ3) is 1.78. The van der Waals surface area contributed by atoms with Gasteiger partial charge >= 0.3 is 0 Å². The van der Waals surface area contributed by atoms with Gasteiger partial charge in [-0.1, -0.05) is 0 Å². The molecule has 0 aliphatic carbocycles. The summed E-state index contributed by atoms with van der Waals surface area (Å²) in [5, 5.41) is 7.35. The van der Waals surface area contributed by atoms with E-state index in [2.05, 4.69) is 10.4 Å². The average Bonchev–Trinajstić information content (AvgIpc) is 2.99. The number of aromatic nitrogens is 2. The van der Waals surface area contributed by atoms with E-state index in [1.54, 1.807) is 8.99 Å². The minimum Gasteiger partial charge on any atom is -0.309 e. The number of hydrogen-bond donors (Lipinski definition) is 1. The highest BCUT2D eigenvalue weighted by Gasteiger charge is 2.31. The van der Waals surface area contributed by atoms with Crippen molar-refractivity contribution in [2.75, 3.05) is 19.6 Å². The van der Waals surface area contributed by atoms with Crippen molar-refractivity contribution in [1.29, 1.82) is 0 Å². The smallest absolute Gasteiger partial charge is 0.246 e. The summed E-state index contributed by atoms with van der Waals surface area (Å²) in [7, 11) is -3.33. The van der Waals surface area contributed by atoms with Crippen LogP contribution in [0.4, 0.5) is 0 Å². The predicted molar refractivity (Wildman–Crippen MR) is 61.9 cm³/mol. The number of nitrogens with zero attached hydrogens (tertiary/aromatic N) is 3. The van der Waals surface area contributed by atoms with Crippen molar-refractivity contribution in [2.24, 2.45) is 0 Å². The Balaban J connectivity index is 2.00. The van der Waals surface area contributed by atoms with Gasteiger partial charge in [0.15, 0.2) is 0 Å². The molecule has 3 heterocycles. The second kappa shape index (κ2) is 4.08. The van der Waals surface area contributed by atoms with Gasteiger partial charge in [-0.3, -0.25) is 4.68 Å². The van der Waals surface area contributed by atoms with Crippen LogP contribution in [0.1, 0.15) is 18.5 Å². The van der Waals surface area contributed by atoms with Gasteiger partial charge in [0.2, 0.25) is 10.0 Å². The van der Waals surface area contributed by atoms with E-state index in [4.69, 9.17) is 0 Å². The topological polar surface area (TPSA) is 67.2 Å². The van der Waals surface area contributed by atoms with Gasteiger partial charge in [-0.15, -0.1) is 0 Å². The Hall–Kier alpha value is -0.920. The van der Waals surface area contributed by atoms with Gasteiger partial charge in [0.25, 0.3) is 0 Å². The van der Waals surface area contributed by atoms with Gasteiger partial charge in [0.05, 0.1) is 18.4 Å². The highest BCUT2D eigenvalue weighted by atomic mass is 32.2. The summed E-state index contributed by atoms with van der Waals surface area (Å²) < 4.78 is 28.2. The Kier molecular flexibility index (Phi) is 2.68. The zero-order chi connectivity index (χ0) is 11.9. The molecule has 3 rings (SSSR count). The van der Waals surface area contributed by atoms with Crippen molar-refractivity contribution in [2.45, 2.75) is 30.8 Å². The maximum Gasteiger partial charge on any atom is 0.246 e. The maximum absolute atomic E-state index is 12.4. The first-order valence-electron chi connectivity index (χ1n) is 5.95. The van der Waals surface area contributed by atoms with Crippen molar-refractivity contribution < 1.29 is 8.42 Å². The lowest BCUT2D eigenvalue weighted by molar-refractivity contribution is 0.459. The van der Waals surface area contributed by atoms with Gasteiger partial charge in [-0.25, -0.2) is 8.42 Å². The van der Waals surface area contributed by atoms with Gasteiger partial charge in [-0.05, 0) is 12.8 Å². The fraction of sp³-hybridized carbons (Fsp3) is 0.700. The first-order chi connectivity index (χ1) is 8.19. The molecule has 1 aromatic heterocycles. The molecule has 2 aliphatic heterocycles. The molecule has 94 valence electrons. The molecule has 1 saturated heterocycles. The number of nitrogens with one attached hydrogen (secondary N) is 1. The molecule has 0 atom stereocenters. The van der Waals surface area contributed by atoms with Crippen molar-refractivity contribution in [3.8, 4) is 0 Å². The maximum atomic E-state index is 12.4. The van der Waals surface area contributed by atoms with Crippen LogP contribution in [0.5, 0.6) is 0 Å². The summed E-state index contributed by atoms with van der Waals surface area (Å²) in [5.74, 6) is 0. The van der Waals surface area contributed by atoms with E-state index in [-0.39, 0.29) is 0 Å². The Morgan fingerprint density at radius 3 is 2.76 bits per heavy atom. The Bertz CT molecular complexity index is 516. The number of sulfonamides is 1. The normalized spacial score (nSPS) is 21.6. The molecule has 1 aromatic rings. The van der Waals surface area contributed by atoms with Crippen LogP contribution in [-0.2, 0) is 23.1 Å². The Morgan fingerprint density at radius 1 is 1.24 bits per heavy atom. The lowest BCUT2D eigenvalue weighted by Gasteiger charge is -2.19. The molecule has 7 heteroatoms. The van der Waals surface area contributed by atoms with E-state index in [0.717, 1.165) is 31.6 Å². The lowest BCUT2D eigenvalue weighted by Crippen LogP contribution is -2.32. The van der Waals surface area contributed by atoms with E-state index in [1.165, 1.54) is 6.20 Å². The SMILES string of the molecule is O=S(=O)(c1cnn2c1CNCC2)N1CCCC1. The minimum atomic E-state index is -3.33. The lowest BCUT2D eigenvalue weighted by atomic mass is 10.3. The quantitative estimate of drug-likeness (QED) is 0.794. The van der Waals surface area contributed by atoms with E-state index in [1.807, 2.05) is 0 Å². The Morgan fingerprint density at radius 2 is 2.00 bits per heavy atom. The van der Waals surface area contributed by atoms with Crippen LogP contribution in [0.25, 0.3) is 0 Å². The second-order valence-corrected chi connectivity index (χ2v) is 6.37. The molecule has 1 N–H and O–H groups in total. The third-order valence-electron chi connectivity index (χ3n) is 3.39. The summed E-state index contributed by atoms with van der Waals surface area (Å²) in [6.07, 6.45) is 3.41. The zero-order valence-corrected chi connectivity index (χ0v) is 10.4. The van der Waals surface area contributed by atoms with Crippen LogP contribution in [0.15, 0.2) is 11.1 Å². The summed E-state index contributed by atoms with van der Waals surface area (Å²) >= 11 is 0. The van der Waals surface area contributed by atoms with Crippen LogP contribution in [0.3, 0.4) is 0 Å². The van der Waals surface area contributed by atoms with Gasteiger partial charge < -0.3 is 5.32 Å². The second-order valence-electron chi connectivity index (χ2n) is 4.47. The first-order valence-corrected chi connectivity index (χ1v) is 7.39. The molecule has 0 bridgehead atoms. The van der Waals surface area contributed by atoms with Crippen molar-refractivity contribution >= 4 is 10.0 Å². The molecule has 0 amide bonds. The van der Waals surface area contributed by atoms with E-state index in [0.29, 0.717) is 24.5 Å². The summed E-state index contributed by atoms with van der Waals surface area (Å²) in [4.78, 5) is 0.381. The number of fused-ring (bicyclic) bond motifs is 1. The number of hydrogen-bond acceptors (Lipinski definition) is 4. The molecular weight excluding hydrogens is 240 g/mol. The van der Waals surface area contributed by atoms with Gasteiger partial charge in [-0.2, -0.15) is 9.40 Å². The fourth-order valence-corrected chi connectivity index (χ4v) is 4.11. The number of rotatable bonds is 2. The van der Waals surface area contributed by atoms with Crippen molar-refractivity contribution in [1.82, 2.24) is 19.4 Å². The average molecular weight is 256 g/mol. The predicted octanol–water partition coefficient (Wildman–Crippen LogP) is -0.229. The molecule has 0 spiro atoms. The monoisotopic (exact) mass is 256 g/mol. The van der Waals surface area contributed by atoms with Crippen LogP contribution >= 0.6 is 0 Å². The van der Waals surface area contributed by atoms with E-state index in [9.17, 15) is 8.42 Å². The van der Waals surface area contributed by atoms with Crippen LogP contribution in [0.2, 0.25) is 0 Å². The van der Waals surface area contributed by atoms with Crippen LogP contribution in [0, 0.1) is 0 Å². The van der Waals surface area contributed by atoms with Crippen LogP contribution < -0.4 is 5.32 Å². The zero-order valence-electron chi connectivity index (χ0n) is 9.59. The molecule has 1 fully saturated rings. The largest absolute Gasteiger partial charge is 0.309 e. The highest BCUT2D eigenvalue weighted by molar-refractivity contribution is 7.89. The minimum absolute atomic E-state index is 0.381. The summed E-state index contributed by atoms with van der Waals surface area (Å²) in [5.41, 5.74) is 0.795. The molecule has 0 aromatic carbocycles. The first kappa shape index (κ1) is 11.2. The molecule has 6 nitrogen and oxygen atoms in total. The van der Waals surface area contributed by atoms with E-state index >= 15 is 0 Å². The molecule has 0 unspecified atom stereocenters. The summed E-state index contributed by atoms with van der Waals surface area (Å²) in [6.45, 7) is 3.45. The summed E-state index contributed by atoms with van der Waals surface area (Å²) in [6, 6.07) is 0. The van der Waals surface area contributed by atoms with Crippen molar-refractivity contribution in [3.05, 3.63) is 11.9 Å². The fourth-order valence-electron chi connectivity index (χ4n) is 2.44.